The number of halogens is 2. The summed E-state index contributed by atoms with van der Waals surface area (Å²) in [6.45, 7) is 2.13. The van der Waals surface area contributed by atoms with Crippen LogP contribution in [0.5, 0.6) is 0 Å². The summed E-state index contributed by atoms with van der Waals surface area (Å²) in [6, 6.07) is 10.2. The van der Waals surface area contributed by atoms with E-state index in [2.05, 4.69) is 45.3 Å². The van der Waals surface area contributed by atoms with Gasteiger partial charge in [-0.15, -0.1) is 0 Å². The van der Waals surface area contributed by atoms with E-state index in [0.29, 0.717) is 5.02 Å². The Morgan fingerprint density at radius 3 is 2.84 bits per heavy atom. The monoisotopic (exact) mass is 356 g/mol. The van der Waals surface area contributed by atoms with E-state index in [4.69, 9.17) is 11.6 Å². The topological polar surface area (TPSA) is 24.9 Å². The first-order valence-corrected chi connectivity index (χ1v) is 7.85. The third-order valence-corrected chi connectivity index (χ3v) is 4.82. The first-order chi connectivity index (χ1) is 9.11. The van der Waals surface area contributed by atoms with Crippen molar-refractivity contribution in [3.05, 3.63) is 51.6 Å². The van der Waals surface area contributed by atoms with Crippen LogP contribution in [0.3, 0.4) is 0 Å². The van der Waals surface area contributed by atoms with Crippen LogP contribution >= 0.6 is 39.3 Å². The van der Waals surface area contributed by atoms with Crippen LogP contribution in [0.2, 0.25) is 5.02 Å². The summed E-state index contributed by atoms with van der Waals surface area (Å²) in [5.74, 6) is 0. The second-order valence-electron chi connectivity index (χ2n) is 4.08. The Kier molecular flexibility index (Phi) is 5.28. The van der Waals surface area contributed by atoms with Crippen molar-refractivity contribution in [2.24, 2.45) is 0 Å². The van der Waals surface area contributed by atoms with E-state index in [1.807, 2.05) is 25.2 Å². The minimum atomic E-state index is 0.266. The van der Waals surface area contributed by atoms with Gasteiger partial charge in [0, 0.05) is 21.6 Å². The first-order valence-electron chi connectivity index (χ1n) is 5.87. The molecule has 0 radical (unpaired) electrons. The summed E-state index contributed by atoms with van der Waals surface area (Å²) in [5, 5.41) is 4.77. The highest BCUT2D eigenvalue weighted by Crippen LogP contribution is 2.36. The van der Waals surface area contributed by atoms with Gasteiger partial charge in [0.05, 0.1) is 5.02 Å². The molecule has 0 bridgehead atoms. The molecule has 0 saturated carbocycles. The molecule has 1 atom stereocenters. The lowest BCUT2D eigenvalue weighted by Gasteiger charge is -2.16. The van der Waals surface area contributed by atoms with Crippen LogP contribution in [-0.4, -0.2) is 12.0 Å². The lowest BCUT2D eigenvalue weighted by Crippen LogP contribution is -2.13. The zero-order valence-corrected chi connectivity index (χ0v) is 13.8. The Bertz CT molecular complexity index is 577. The number of rotatable bonds is 4. The Morgan fingerprint density at radius 1 is 1.37 bits per heavy atom. The zero-order valence-electron chi connectivity index (χ0n) is 10.7. The molecule has 0 fully saturated rings. The summed E-state index contributed by atoms with van der Waals surface area (Å²) >= 11 is 11.3. The number of aromatic nitrogens is 1. The molecular formula is C14H14BrClN2S. The van der Waals surface area contributed by atoms with Crippen LogP contribution in [0.4, 0.5) is 0 Å². The van der Waals surface area contributed by atoms with Gasteiger partial charge in [-0.25, -0.2) is 4.98 Å². The van der Waals surface area contributed by atoms with Crippen molar-refractivity contribution in [3.8, 4) is 0 Å². The van der Waals surface area contributed by atoms with Gasteiger partial charge in [0.15, 0.2) is 0 Å². The van der Waals surface area contributed by atoms with Gasteiger partial charge in [-0.1, -0.05) is 39.3 Å². The maximum absolute atomic E-state index is 6.16. The lowest BCUT2D eigenvalue weighted by atomic mass is 10.1. The van der Waals surface area contributed by atoms with Crippen LogP contribution < -0.4 is 5.32 Å². The summed E-state index contributed by atoms with van der Waals surface area (Å²) in [6.07, 6.45) is 1.76. The maximum atomic E-state index is 6.16. The SMILES string of the molecule is CNC(C)c1cc(Br)ccc1Sc1ncccc1Cl. The molecule has 0 aliphatic rings. The van der Waals surface area contributed by atoms with E-state index < -0.39 is 0 Å². The van der Waals surface area contributed by atoms with Gasteiger partial charge >= 0.3 is 0 Å². The quantitative estimate of drug-likeness (QED) is 0.840. The second kappa shape index (κ2) is 6.75. The van der Waals surface area contributed by atoms with E-state index in [1.165, 1.54) is 5.56 Å². The minimum Gasteiger partial charge on any atom is -0.313 e. The fourth-order valence-corrected chi connectivity index (χ4v) is 3.25. The predicted octanol–water partition coefficient (Wildman–Crippen LogP) is 4.93. The van der Waals surface area contributed by atoms with Crippen molar-refractivity contribution < 1.29 is 0 Å². The number of pyridine rings is 1. The molecule has 0 aliphatic heterocycles. The molecule has 2 nitrogen and oxygen atoms in total. The van der Waals surface area contributed by atoms with Crippen LogP contribution in [-0.2, 0) is 0 Å². The molecule has 19 heavy (non-hydrogen) atoms. The smallest absolute Gasteiger partial charge is 0.119 e. The highest BCUT2D eigenvalue weighted by molar-refractivity contribution is 9.10. The fourth-order valence-electron chi connectivity index (χ4n) is 1.66. The summed E-state index contributed by atoms with van der Waals surface area (Å²) in [4.78, 5) is 5.48. The molecule has 1 heterocycles. The van der Waals surface area contributed by atoms with Gasteiger partial charge in [0.1, 0.15) is 5.03 Å². The summed E-state index contributed by atoms with van der Waals surface area (Å²) < 4.78 is 1.07. The molecule has 100 valence electrons. The number of nitrogens with one attached hydrogen (secondary N) is 1. The van der Waals surface area contributed by atoms with E-state index in [-0.39, 0.29) is 6.04 Å². The van der Waals surface area contributed by atoms with Crippen molar-refractivity contribution >= 4 is 39.3 Å². The second-order valence-corrected chi connectivity index (χ2v) is 6.44. The molecule has 1 N–H and O–H groups in total. The van der Waals surface area contributed by atoms with E-state index in [1.54, 1.807) is 18.0 Å². The molecule has 5 heteroatoms. The van der Waals surface area contributed by atoms with Crippen LogP contribution in [0.15, 0.2) is 50.9 Å². The Labute approximate surface area is 131 Å². The van der Waals surface area contributed by atoms with E-state index in [9.17, 15) is 0 Å². The molecule has 1 aromatic carbocycles. The molecule has 2 rings (SSSR count). The van der Waals surface area contributed by atoms with Gasteiger partial charge in [0.2, 0.25) is 0 Å². The molecule has 1 aromatic heterocycles. The van der Waals surface area contributed by atoms with Crippen LogP contribution in [0, 0.1) is 0 Å². The number of nitrogens with zero attached hydrogens (tertiary/aromatic N) is 1. The Morgan fingerprint density at radius 2 is 2.16 bits per heavy atom. The third-order valence-electron chi connectivity index (χ3n) is 2.80. The fraction of sp³-hybridized carbons (Fsp3) is 0.214. The van der Waals surface area contributed by atoms with Crippen molar-refractivity contribution in [3.63, 3.8) is 0 Å². The Balaban J connectivity index is 2.37. The van der Waals surface area contributed by atoms with Crippen molar-refractivity contribution in [1.29, 1.82) is 0 Å². The summed E-state index contributed by atoms with van der Waals surface area (Å²) in [7, 11) is 1.95. The van der Waals surface area contributed by atoms with Gasteiger partial charge < -0.3 is 5.32 Å². The van der Waals surface area contributed by atoms with E-state index >= 15 is 0 Å². The lowest BCUT2D eigenvalue weighted by molar-refractivity contribution is 0.641. The normalized spacial score (nSPS) is 12.4. The van der Waals surface area contributed by atoms with Crippen molar-refractivity contribution in [1.82, 2.24) is 10.3 Å². The van der Waals surface area contributed by atoms with Gasteiger partial charge in [0.25, 0.3) is 0 Å². The molecular weight excluding hydrogens is 344 g/mol. The largest absolute Gasteiger partial charge is 0.313 e. The molecule has 0 aliphatic carbocycles. The highest BCUT2D eigenvalue weighted by atomic mass is 79.9. The first kappa shape index (κ1) is 14.9. The average Bonchev–Trinajstić information content (AvgIpc) is 2.42. The third kappa shape index (κ3) is 3.72. The van der Waals surface area contributed by atoms with Crippen molar-refractivity contribution in [2.75, 3.05) is 7.05 Å². The molecule has 1 unspecified atom stereocenters. The predicted molar refractivity (Wildman–Crippen MR) is 85.0 cm³/mol. The van der Waals surface area contributed by atoms with Gasteiger partial charge in [-0.05, 0) is 49.9 Å². The number of benzene rings is 1. The molecule has 2 aromatic rings. The average molecular weight is 358 g/mol. The number of hydrogen-bond acceptors (Lipinski definition) is 3. The Hall–Kier alpha value is -0.550. The van der Waals surface area contributed by atoms with Crippen molar-refractivity contribution in [2.45, 2.75) is 22.9 Å². The zero-order chi connectivity index (χ0) is 13.8. The number of hydrogen-bond donors (Lipinski definition) is 1. The molecule has 0 amide bonds. The van der Waals surface area contributed by atoms with Gasteiger partial charge in [-0.2, -0.15) is 0 Å². The van der Waals surface area contributed by atoms with Crippen LogP contribution in [0.1, 0.15) is 18.5 Å². The molecule has 0 saturated heterocycles. The minimum absolute atomic E-state index is 0.266. The maximum Gasteiger partial charge on any atom is 0.119 e. The van der Waals surface area contributed by atoms with Crippen LogP contribution in [0.25, 0.3) is 0 Å². The van der Waals surface area contributed by atoms with E-state index in [0.717, 1.165) is 14.4 Å². The standard InChI is InChI=1S/C14H14BrClN2S/c1-9(17-2)11-8-10(15)5-6-13(11)19-14-12(16)4-3-7-18-14/h3-9,17H,1-2H3. The molecule has 0 spiro atoms. The highest BCUT2D eigenvalue weighted by Gasteiger charge is 2.12. The van der Waals surface area contributed by atoms with Gasteiger partial charge in [-0.3, -0.25) is 0 Å². The summed E-state index contributed by atoms with van der Waals surface area (Å²) in [5.41, 5.74) is 1.23.